The number of amides is 1. The molecule has 3 nitrogen and oxygen atoms in total. The summed E-state index contributed by atoms with van der Waals surface area (Å²) in [5.74, 6) is -0.0821. The number of allylic oxidation sites excluding steroid dienone is 1. The fourth-order valence-corrected chi connectivity index (χ4v) is 2.60. The average Bonchev–Trinajstić information content (AvgIpc) is 2.95. The molecule has 0 saturated heterocycles. The number of carbonyl (C=O) groups excluding carboxylic acids is 1. The molecule has 2 rings (SSSR count). The molecule has 2 aromatic rings. The van der Waals surface area contributed by atoms with Crippen molar-refractivity contribution in [2.24, 2.45) is 0 Å². The van der Waals surface area contributed by atoms with Gasteiger partial charge in [-0.2, -0.15) is 0 Å². The quantitative estimate of drug-likeness (QED) is 0.616. The van der Waals surface area contributed by atoms with Gasteiger partial charge in [-0.3, -0.25) is 9.69 Å². The summed E-state index contributed by atoms with van der Waals surface area (Å²) in [6, 6.07) is 9.92. The molecular weight excluding hydrogens is 268 g/mol. The molecule has 1 aromatic carbocycles. The lowest BCUT2D eigenvalue weighted by molar-refractivity contribution is -0.114. The van der Waals surface area contributed by atoms with Gasteiger partial charge in [0.25, 0.3) is 5.91 Å². The van der Waals surface area contributed by atoms with E-state index < -0.39 is 0 Å². The summed E-state index contributed by atoms with van der Waals surface area (Å²) in [5, 5.41) is 2.65. The van der Waals surface area contributed by atoms with Gasteiger partial charge in [0.2, 0.25) is 0 Å². The van der Waals surface area contributed by atoms with Crippen LogP contribution in [-0.2, 0) is 4.79 Å². The number of anilines is 1. The maximum absolute atomic E-state index is 12.0. The molecule has 0 fully saturated rings. The Labute approximate surface area is 122 Å². The average molecular weight is 284 g/mol. The third-order valence-electron chi connectivity index (χ3n) is 2.68. The van der Waals surface area contributed by atoms with Gasteiger partial charge in [0.15, 0.2) is 5.13 Å². The fourth-order valence-electron chi connectivity index (χ4n) is 1.75. The SMILES string of the molecule is C=CCN(C(=O)/C=C/C)c1nc(-c2ccccc2)cs1. The van der Waals surface area contributed by atoms with Crippen LogP contribution in [0.15, 0.2) is 60.5 Å². The second kappa shape index (κ2) is 6.82. The molecule has 0 aliphatic heterocycles. The van der Waals surface area contributed by atoms with E-state index in [0.717, 1.165) is 11.3 Å². The molecule has 0 spiro atoms. The third-order valence-corrected chi connectivity index (χ3v) is 3.54. The van der Waals surface area contributed by atoms with E-state index in [9.17, 15) is 4.79 Å². The normalized spacial score (nSPS) is 10.7. The number of hydrogen-bond acceptors (Lipinski definition) is 3. The Kier molecular flexibility index (Phi) is 4.85. The Morgan fingerprint density at radius 3 is 2.80 bits per heavy atom. The van der Waals surface area contributed by atoms with Crippen LogP contribution in [0.4, 0.5) is 5.13 Å². The lowest BCUT2D eigenvalue weighted by Gasteiger charge is -2.15. The zero-order valence-electron chi connectivity index (χ0n) is 11.3. The number of benzene rings is 1. The first-order chi connectivity index (χ1) is 9.76. The number of aromatic nitrogens is 1. The van der Waals surface area contributed by atoms with E-state index in [0.29, 0.717) is 11.7 Å². The third kappa shape index (κ3) is 3.22. The highest BCUT2D eigenvalue weighted by Crippen LogP contribution is 2.27. The molecule has 0 N–H and O–H groups in total. The van der Waals surface area contributed by atoms with Crippen LogP contribution >= 0.6 is 11.3 Å². The molecule has 1 heterocycles. The van der Waals surface area contributed by atoms with Gasteiger partial charge < -0.3 is 0 Å². The topological polar surface area (TPSA) is 33.2 Å². The molecule has 0 bridgehead atoms. The molecule has 4 heteroatoms. The second-order valence-electron chi connectivity index (χ2n) is 4.12. The van der Waals surface area contributed by atoms with E-state index in [4.69, 9.17) is 0 Å². The minimum absolute atomic E-state index is 0.0821. The molecule has 0 radical (unpaired) electrons. The number of carbonyl (C=O) groups is 1. The fraction of sp³-hybridized carbons (Fsp3) is 0.125. The zero-order valence-corrected chi connectivity index (χ0v) is 12.1. The molecule has 0 aliphatic carbocycles. The smallest absolute Gasteiger partial charge is 0.252 e. The summed E-state index contributed by atoms with van der Waals surface area (Å²) in [4.78, 5) is 18.2. The molecule has 0 saturated carbocycles. The first-order valence-electron chi connectivity index (χ1n) is 6.32. The van der Waals surface area contributed by atoms with Crippen molar-refractivity contribution in [3.8, 4) is 11.3 Å². The van der Waals surface area contributed by atoms with Gasteiger partial charge in [-0.25, -0.2) is 4.98 Å². The summed E-state index contributed by atoms with van der Waals surface area (Å²) in [6.45, 7) is 5.96. The lowest BCUT2D eigenvalue weighted by Crippen LogP contribution is -2.29. The highest BCUT2D eigenvalue weighted by molar-refractivity contribution is 7.14. The van der Waals surface area contributed by atoms with Crippen molar-refractivity contribution in [3.05, 3.63) is 60.5 Å². The molecular formula is C16H16N2OS. The van der Waals surface area contributed by atoms with Crippen molar-refractivity contribution in [3.63, 3.8) is 0 Å². The summed E-state index contributed by atoms with van der Waals surface area (Å²) >= 11 is 1.46. The van der Waals surface area contributed by atoms with Gasteiger partial charge in [-0.1, -0.05) is 42.5 Å². The van der Waals surface area contributed by atoms with Crippen molar-refractivity contribution in [1.82, 2.24) is 4.98 Å². The minimum Gasteiger partial charge on any atom is -0.281 e. The van der Waals surface area contributed by atoms with Gasteiger partial charge in [-0.15, -0.1) is 17.9 Å². The highest BCUT2D eigenvalue weighted by Gasteiger charge is 2.15. The molecule has 102 valence electrons. The number of rotatable bonds is 5. The van der Waals surface area contributed by atoms with Crippen LogP contribution in [0.1, 0.15) is 6.92 Å². The van der Waals surface area contributed by atoms with E-state index in [1.165, 1.54) is 17.4 Å². The van der Waals surface area contributed by atoms with E-state index >= 15 is 0 Å². The van der Waals surface area contributed by atoms with E-state index in [1.807, 2.05) is 42.6 Å². The Morgan fingerprint density at radius 1 is 1.40 bits per heavy atom. The Hall–Kier alpha value is -2.20. The number of hydrogen-bond donors (Lipinski definition) is 0. The monoisotopic (exact) mass is 284 g/mol. The van der Waals surface area contributed by atoms with Gasteiger partial charge in [0.05, 0.1) is 5.69 Å². The van der Waals surface area contributed by atoms with Crippen molar-refractivity contribution >= 4 is 22.4 Å². The van der Waals surface area contributed by atoms with Crippen LogP contribution in [0.2, 0.25) is 0 Å². The number of thiazole rings is 1. The van der Waals surface area contributed by atoms with Crippen LogP contribution in [0.5, 0.6) is 0 Å². The van der Waals surface area contributed by atoms with E-state index in [-0.39, 0.29) is 5.91 Å². The van der Waals surface area contributed by atoms with Crippen molar-refractivity contribution in [1.29, 1.82) is 0 Å². The van der Waals surface area contributed by atoms with Crippen molar-refractivity contribution in [2.45, 2.75) is 6.92 Å². The van der Waals surface area contributed by atoms with Crippen LogP contribution in [0.25, 0.3) is 11.3 Å². The van der Waals surface area contributed by atoms with Crippen LogP contribution < -0.4 is 4.90 Å². The van der Waals surface area contributed by atoms with Crippen LogP contribution in [-0.4, -0.2) is 17.4 Å². The summed E-state index contributed by atoms with van der Waals surface area (Å²) in [7, 11) is 0. The molecule has 1 amide bonds. The van der Waals surface area contributed by atoms with Gasteiger partial charge in [0.1, 0.15) is 0 Å². The number of nitrogens with zero attached hydrogens (tertiary/aromatic N) is 2. The standard InChI is InChI=1S/C16H16N2OS/c1-3-8-15(19)18(11-4-2)16-17-14(12-20-16)13-9-6-5-7-10-13/h3-10,12H,2,11H2,1H3/b8-3+. The second-order valence-corrected chi connectivity index (χ2v) is 4.96. The van der Waals surface area contributed by atoms with E-state index in [1.54, 1.807) is 17.1 Å². The first kappa shape index (κ1) is 14.2. The molecule has 1 aromatic heterocycles. The molecule has 0 aliphatic rings. The Morgan fingerprint density at radius 2 is 2.15 bits per heavy atom. The maximum atomic E-state index is 12.0. The maximum Gasteiger partial charge on any atom is 0.252 e. The summed E-state index contributed by atoms with van der Waals surface area (Å²) in [6.07, 6.45) is 4.96. The Balaban J connectivity index is 2.29. The highest BCUT2D eigenvalue weighted by atomic mass is 32.1. The van der Waals surface area contributed by atoms with Gasteiger partial charge in [-0.05, 0) is 13.0 Å². The van der Waals surface area contributed by atoms with Crippen LogP contribution in [0.3, 0.4) is 0 Å². The van der Waals surface area contributed by atoms with Gasteiger partial charge in [0, 0.05) is 17.5 Å². The zero-order chi connectivity index (χ0) is 14.4. The predicted molar refractivity (Wildman–Crippen MR) is 84.9 cm³/mol. The molecule has 20 heavy (non-hydrogen) atoms. The lowest BCUT2D eigenvalue weighted by atomic mass is 10.2. The summed E-state index contributed by atoms with van der Waals surface area (Å²) < 4.78 is 0. The van der Waals surface area contributed by atoms with Crippen molar-refractivity contribution in [2.75, 3.05) is 11.4 Å². The van der Waals surface area contributed by atoms with Gasteiger partial charge >= 0.3 is 0 Å². The largest absolute Gasteiger partial charge is 0.281 e. The molecule has 0 unspecified atom stereocenters. The first-order valence-corrected chi connectivity index (χ1v) is 7.20. The van der Waals surface area contributed by atoms with E-state index in [2.05, 4.69) is 11.6 Å². The Bertz CT molecular complexity index is 616. The van der Waals surface area contributed by atoms with Crippen LogP contribution in [0, 0.1) is 0 Å². The molecule has 0 atom stereocenters. The summed E-state index contributed by atoms with van der Waals surface area (Å²) in [5.41, 5.74) is 1.93. The predicted octanol–water partition coefficient (Wildman–Crippen LogP) is 3.91. The van der Waals surface area contributed by atoms with Crippen molar-refractivity contribution < 1.29 is 4.79 Å². The minimum atomic E-state index is -0.0821.